The minimum Gasteiger partial charge on any atom is -0.285 e. The van der Waals surface area contributed by atoms with E-state index in [0.717, 1.165) is 56.2 Å². The molecule has 5 rings (SSSR count). The Morgan fingerprint density at radius 3 is 1.20 bits per heavy atom. The van der Waals surface area contributed by atoms with Gasteiger partial charge in [0, 0.05) is 34.6 Å². The quantitative estimate of drug-likeness (QED) is 0.440. The average molecular weight is 392 g/mol. The van der Waals surface area contributed by atoms with Gasteiger partial charge in [0.2, 0.25) is 0 Å². The van der Waals surface area contributed by atoms with Crippen LogP contribution in [0, 0.1) is 13.8 Å². The number of hydrogen-bond acceptors (Lipinski definition) is 4. The Hall–Kier alpha value is -4.06. The van der Waals surface area contributed by atoms with Crippen LogP contribution in [-0.4, -0.2) is 30.4 Å². The van der Waals surface area contributed by atoms with Crippen molar-refractivity contribution < 1.29 is 0 Å². The van der Waals surface area contributed by atoms with E-state index in [9.17, 15) is 0 Å². The summed E-state index contributed by atoms with van der Waals surface area (Å²) in [5.41, 5.74) is 10.1. The van der Waals surface area contributed by atoms with Gasteiger partial charge in [0.05, 0.1) is 35.2 Å². The molecule has 0 amide bonds. The van der Waals surface area contributed by atoms with Crippen LogP contribution in [0.5, 0.6) is 0 Å². The molecule has 3 heterocycles. The summed E-state index contributed by atoms with van der Waals surface area (Å²) in [6.07, 6.45) is 7.40. The third-order valence-corrected chi connectivity index (χ3v) is 5.22. The minimum atomic E-state index is 0.907. The smallest absolute Gasteiger partial charge is 0.0918 e. The predicted molar refractivity (Wildman–Crippen MR) is 118 cm³/mol. The maximum atomic E-state index is 4.89. The van der Waals surface area contributed by atoms with Gasteiger partial charge in [-0.25, -0.2) is 9.97 Å². The van der Waals surface area contributed by atoms with E-state index < -0.39 is 0 Å². The minimum absolute atomic E-state index is 0.907. The van der Waals surface area contributed by atoms with Crippen molar-refractivity contribution in [3.05, 3.63) is 84.7 Å². The number of aromatic nitrogens is 6. The lowest BCUT2D eigenvalue weighted by molar-refractivity contribution is 1.08. The fourth-order valence-electron chi connectivity index (χ4n) is 3.61. The highest BCUT2D eigenvalue weighted by Crippen LogP contribution is 2.29. The zero-order valence-corrected chi connectivity index (χ0v) is 16.7. The lowest BCUT2D eigenvalue weighted by Crippen LogP contribution is -1.99. The second-order valence-corrected chi connectivity index (χ2v) is 7.22. The summed E-state index contributed by atoms with van der Waals surface area (Å²) in [4.78, 5) is 9.78. The highest BCUT2D eigenvalue weighted by atomic mass is 15.1. The number of rotatable bonds is 4. The summed E-state index contributed by atoms with van der Waals surface area (Å²) < 4.78 is 0. The van der Waals surface area contributed by atoms with E-state index in [1.165, 1.54) is 0 Å². The molecular formula is C24H20N6. The van der Waals surface area contributed by atoms with Crippen molar-refractivity contribution in [3.63, 3.8) is 0 Å². The number of nitrogens with zero attached hydrogens (tertiary/aromatic N) is 4. The first-order valence-electron chi connectivity index (χ1n) is 9.73. The molecule has 0 aliphatic heterocycles. The van der Waals surface area contributed by atoms with Crippen molar-refractivity contribution in [2.45, 2.75) is 13.8 Å². The first-order valence-corrected chi connectivity index (χ1v) is 9.73. The van der Waals surface area contributed by atoms with Crippen molar-refractivity contribution in [2.75, 3.05) is 0 Å². The fraction of sp³-hybridized carbons (Fsp3) is 0.0833. The zero-order chi connectivity index (χ0) is 20.5. The Kier molecular flexibility index (Phi) is 4.44. The molecule has 0 atom stereocenters. The van der Waals surface area contributed by atoms with Gasteiger partial charge in [0.15, 0.2) is 0 Å². The molecule has 0 bridgehead atoms. The van der Waals surface area contributed by atoms with Crippen LogP contribution in [0.1, 0.15) is 11.4 Å². The molecule has 5 aromatic rings. The van der Waals surface area contributed by atoms with Gasteiger partial charge in [0.1, 0.15) is 0 Å². The summed E-state index contributed by atoms with van der Waals surface area (Å²) in [6, 6.07) is 16.7. The molecule has 0 spiro atoms. The van der Waals surface area contributed by atoms with Crippen LogP contribution in [0.25, 0.3) is 44.8 Å². The lowest BCUT2D eigenvalue weighted by Gasteiger charge is -2.11. The molecule has 3 aromatic heterocycles. The fourth-order valence-corrected chi connectivity index (χ4v) is 3.61. The van der Waals surface area contributed by atoms with E-state index in [4.69, 9.17) is 9.97 Å². The molecule has 0 radical (unpaired) electrons. The highest BCUT2D eigenvalue weighted by molar-refractivity contribution is 5.72. The third-order valence-electron chi connectivity index (χ3n) is 5.22. The summed E-state index contributed by atoms with van der Waals surface area (Å²) in [6.45, 7) is 4.02. The SMILES string of the molecule is Cc1nc(-c2ccc(-c3cn[nH]c3)cc2)c(C)nc1-c1ccc(-c2cn[nH]c2)cc1. The van der Waals surface area contributed by atoms with Crippen LogP contribution in [0.2, 0.25) is 0 Å². The molecule has 0 aliphatic carbocycles. The Bertz CT molecular complexity index is 1170. The van der Waals surface area contributed by atoms with Crippen LogP contribution >= 0.6 is 0 Å². The number of hydrogen-bond donors (Lipinski definition) is 2. The second kappa shape index (κ2) is 7.40. The maximum Gasteiger partial charge on any atom is 0.0918 e. The molecule has 0 saturated carbocycles. The zero-order valence-electron chi connectivity index (χ0n) is 16.7. The number of H-pyrrole nitrogens is 2. The van der Waals surface area contributed by atoms with Crippen molar-refractivity contribution in [1.29, 1.82) is 0 Å². The number of aromatic amines is 2. The van der Waals surface area contributed by atoms with Crippen molar-refractivity contribution in [3.8, 4) is 44.8 Å². The Balaban J connectivity index is 1.46. The molecule has 30 heavy (non-hydrogen) atoms. The summed E-state index contributed by atoms with van der Waals surface area (Å²) in [7, 11) is 0. The maximum absolute atomic E-state index is 4.89. The van der Waals surface area contributed by atoms with Crippen molar-refractivity contribution in [1.82, 2.24) is 30.4 Å². The Morgan fingerprint density at radius 2 is 0.867 bits per heavy atom. The van der Waals surface area contributed by atoms with Gasteiger partial charge >= 0.3 is 0 Å². The lowest BCUT2D eigenvalue weighted by atomic mass is 10.0. The van der Waals surface area contributed by atoms with E-state index in [1.54, 1.807) is 0 Å². The highest BCUT2D eigenvalue weighted by Gasteiger charge is 2.12. The largest absolute Gasteiger partial charge is 0.285 e. The topological polar surface area (TPSA) is 83.1 Å². The average Bonchev–Trinajstić information content (AvgIpc) is 3.50. The molecule has 2 aromatic carbocycles. The summed E-state index contributed by atoms with van der Waals surface area (Å²) >= 11 is 0. The first-order chi connectivity index (χ1) is 14.7. The first kappa shape index (κ1) is 18.0. The standard InChI is InChI=1S/C24H20N6/c1-15-23(19-7-3-17(4-8-19)21-11-25-26-12-21)30-16(2)24(29-15)20-9-5-18(6-10-20)22-13-27-28-14-22/h3-14H,1-2H3,(H,25,26)(H,27,28). The van der Waals surface area contributed by atoms with Gasteiger partial charge in [-0.05, 0) is 25.0 Å². The molecule has 0 unspecified atom stereocenters. The van der Waals surface area contributed by atoms with E-state index in [-0.39, 0.29) is 0 Å². The Morgan fingerprint density at radius 1 is 0.500 bits per heavy atom. The van der Waals surface area contributed by atoms with Gasteiger partial charge in [-0.3, -0.25) is 10.2 Å². The van der Waals surface area contributed by atoms with Crippen molar-refractivity contribution >= 4 is 0 Å². The molecule has 0 aliphatic rings. The Labute approximate surface area is 174 Å². The monoisotopic (exact) mass is 392 g/mol. The molecule has 2 N–H and O–H groups in total. The van der Waals surface area contributed by atoms with Crippen LogP contribution < -0.4 is 0 Å². The molecule has 6 heteroatoms. The number of aryl methyl sites for hydroxylation is 2. The van der Waals surface area contributed by atoms with E-state index in [1.807, 2.05) is 38.6 Å². The van der Waals surface area contributed by atoms with Gasteiger partial charge in [-0.15, -0.1) is 0 Å². The van der Waals surface area contributed by atoms with E-state index >= 15 is 0 Å². The van der Waals surface area contributed by atoms with Crippen molar-refractivity contribution in [2.24, 2.45) is 0 Å². The van der Waals surface area contributed by atoms with Crippen LogP contribution in [0.4, 0.5) is 0 Å². The molecule has 6 nitrogen and oxygen atoms in total. The molecular weight excluding hydrogens is 372 g/mol. The third kappa shape index (κ3) is 3.28. The van der Waals surface area contributed by atoms with Gasteiger partial charge in [0.25, 0.3) is 0 Å². The van der Waals surface area contributed by atoms with Gasteiger partial charge in [-0.2, -0.15) is 10.2 Å². The predicted octanol–water partition coefficient (Wildman–Crippen LogP) is 5.21. The van der Waals surface area contributed by atoms with Gasteiger partial charge < -0.3 is 0 Å². The summed E-state index contributed by atoms with van der Waals surface area (Å²) in [5, 5.41) is 13.7. The van der Waals surface area contributed by atoms with Crippen LogP contribution in [0.3, 0.4) is 0 Å². The van der Waals surface area contributed by atoms with Crippen LogP contribution in [0.15, 0.2) is 73.3 Å². The summed E-state index contributed by atoms with van der Waals surface area (Å²) in [5.74, 6) is 0. The normalized spacial score (nSPS) is 11.0. The molecule has 0 saturated heterocycles. The van der Waals surface area contributed by atoms with E-state index in [0.29, 0.717) is 0 Å². The number of benzene rings is 2. The molecule has 0 fully saturated rings. The van der Waals surface area contributed by atoms with Gasteiger partial charge in [-0.1, -0.05) is 48.5 Å². The number of nitrogens with one attached hydrogen (secondary N) is 2. The second-order valence-electron chi connectivity index (χ2n) is 7.22. The van der Waals surface area contributed by atoms with Crippen LogP contribution in [-0.2, 0) is 0 Å². The molecule has 146 valence electrons. The van der Waals surface area contributed by atoms with E-state index in [2.05, 4.69) is 68.9 Å².